The van der Waals surface area contributed by atoms with E-state index in [4.69, 9.17) is 14.4 Å². The third-order valence-corrected chi connectivity index (χ3v) is 22.8. The summed E-state index contributed by atoms with van der Waals surface area (Å²) in [5.74, 6) is -1.05. The van der Waals surface area contributed by atoms with Crippen molar-refractivity contribution in [2.24, 2.45) is 0 Å². The topological polar surface area (TPSA) is 91.9 Å². The van der Waals surface area contributed by atoms with E-state index in [9.17, 15) is 17.6 Å². The van der Waals surface area contributed by atoms with Crippen LogP contribution in [0.15, 0.2) is 107 Å². The van der Waals surface area contributed by atoms with Gasteiger partial charge in [0.2, 0.25) is 0 Å². The van der Waals surface area contributed by atoms with Crippen LogP contribution >= 0.6 is 11.6 Å². The summed E-state index contributed by atoms with van der Waals surface area (Å²) in [6, 6.07) is 25.4. The van der Waals surface area contributed by atoms with E-state index in [1.54, 1.807) is 66.7 Å². The summed E-state index contributed by atoms with van der Waals surface area (Å²) >= 11 is 1.23. The van der Waals surface area contributed by atoms with Crippen molar-refractivity contribution in [3.05, 3.63) is 113 Å². The Kier molecular flexibility index (Phi) is 6.62. The van der Waals surface area contributed by atoms with E-state index in [1.807, 2.05) is 0 Å². The quantitative estimate of drug-likeness (QED) is 0.309. The first kappa shape index (κ1) is 24.5. The van der Waals surface area contributed by atoms with Crippen LogP contribution in [-0.2, 0) is 12.7 Å². The standard InChI is InChI=1S/C12H8O2S.C7H5ClO2.C6H4F.Bi.H2O/c13-15(14,11-7-3-1-4-8-11)12-9-5-2-6-10-12;8-6-3-1-2-5(4-6)7(9)10;7-6-4-2-1-3-5-6;;/h1-7,9H;1-4H,(H,9,10);2-5H;;1H2/q;;;+1;/p-1. The number of benzene rings is 4. The fourth-order valence-corrected chi connectivity index (χ4v) is 23.9. The van der Waals surface area contributed by atoms with E-state index >= 15 is 0 Å². The monoisotopic (exact) mass is 693 g/mol. The summed E-state index contributed by atoms with van der Waals surface area (Å²) in [6.45, 7) is 0. The van der Waals surface area contributed by atoms with Gasteiger partial charge in [-0.1, -0.05) is 0 Å². The van der Waals surface area contributed by atoms with E-state index in [0.29, 0.717) is 14.8 Å². The van der Waals surface area contributed by atoms with Gasteiger partial charge in [-0.25, -0.2) is 0 Å². The van der Waals surface area contributed by atoms with Crippen molar-refractivity contribution in [2.75, 3.05) is 0 Å². The Hall–Kier alpha value is -2.64. The molecule has 0 bridgehead atoms. The minimum absolute atomic E-state index is 0. The van der Waals surface area contributed by atoms with Crippen LogP contribution in [0.2, 0.25) is 5.02 Å². The number of halogens is 2. The first-order valence-electron chi connectivity index (χ1n) is 9.93. The van der Waals surface area contributed by atoms with Crippen molar-refractivity contribution < 1.29 is 25.9 Å². The SMILES string of the molecule is O.O=C([O][Bi]1([c]2ccc(F)cc2)[c]2ccccc2S(=O)(=O)c2cccc[c]21)c1cccc(Cl)c1. The molecule has 0 aliphatic carbocycles. The molecule has 4 aromatic carbocycles. The number of rotatable bonds is 3. The van der Waals surface area contributed by atoms with Gasteiger partial charge in [0.1, 0.15) is 0 Å². The van der Waals surface area contributed by atoms with Gasteiger partial charge in [-0.05, 0) is 0 Å². The van der Waals surface area contributed by atoms with Crippen molar-refractivity contribution in [2.45, 2.75) is 9.79 Å². The second kappa shape index (κ2) is 9.19. The number of sulfone groups is 1. The van der Waals surface area contributed by atoms with E-state index in [-0.39, 0.29) is 20.8 Å². The van der Waals surface area contributed by atoms with Crippen LogP contribution in [0.4, 0.5) is 4.39 Å². The maximum atomic E-state index is 13.9. The number of carbonyl (C=O) groups is 1. The average Bonchev–Trinajstić information content (AvgIpc) is 2.82. The van der Waals surface area contributed by atoms with Crippen molar-refractivity contribution in [1.29, 1.82) is 0 Å². The molecule has 34 heavy (non-hydrogen) atoms. The molecule has 1 heterocycles. The zero-order valence-corrected chi connectivity index (χ0v) is 22.5. The zero-order valence-electron chi connectivity index (χ0n) is 17.5. The maximum absolute atomic E-state index is 13.9. The van der Waals surface area contributed by atoms with Crippen LogP contribution in [-0.4, -0.2) is 40.6 Å². The second-order valence-corrected chi connectivity index (χ2v) is 20.9. The third-order valence-electron chi connectivity index (χ3n) is 5.46. The van der Waals surface area contributed by atoms with Gasteiger partial charge in [-0.3, -0.25) is 0 Å². The Labute approximate surface area is 206 Å². The zero-order chi connectivity index (χ0) is 23.2. The molecule has 2 N–H and O–H groups in total. The summed E-state index contributed by atoms with van der Waals surface area (Å²) in [6.07, 6.45) is 0. The van der Waals surface area contributed by atoms with E-state index in [1.165, 1.54) is 30.3 Å². The van der Waals surface area contributed by atoms with Crippen LogP contribution in [0.3, 0.4) is 0 Å². The van der Waals surface area contributed by atoms with E-state index in [2.05, 4.69) is 0 Å². The molecule has 4 aromatic rings. The van der Waals surface area contributed by atoms with Crippen LogP contribution in [0.5, 0.6) is 0 Å². The molecule has 1 aliphatic rings. The van der Waals surface area contributed by atoms with Gasteiger partial charge in [0.05, 0.1) is 0 Å². The molecule has 0 spiro atoms. The molecule has 1 aliphatic heterocycles. The number of hydrogen-bond donors (Lipinski definition) is 0. The first-order chi connectivity index (χ1) is 15.8. The van der Waals surface area contributed by atoms with Gasteiger partial charge < -0.3 is 5.48 Å². The van der Waals surface area contributed by atoms with E-state index in [0.717, 1.165) is 0 Å². The predicted molar refractivity (Wildman–Crippen MR) is 130 cm³/mol. The van der Waals surface area contributed by atoms with Crippen LogP contribution in [0.1, 0.15) is 10.4 Å². The Morgan fingerprint density at radius 1 is 0.794 bits per heavy atom. The Morgan fingerprint density at radius 2 is 1.35 bits per heavy atom. The second-order valence-electron chi connectivity index (χ2n) is 7.41. The molecule has 0 unspecified atom stereocenters. The van der Waals surface area contributed by atoms with Gasteiger partial charge in [-0.15, -0.1) is 0 Å². The predicted octanol–water partition coefficient (Wildman–Crippen LogP) is 2.62. The van der Waals surface area contributed by atoms with Crippen molar-refractivity contribution in [1.82, 2.24) is 0 Å². The van der Waals surface area contributed by atoms with Gasteiger partial charge in [0.25, 0.3) is 0 Å². The summed E-state index contributed by atoms with van der Waals surface area (Å²) in [4.78, 5) is 13.7. The first-order valence-corrected chi connectivity index (χ1v) is 18.4. The van der Waals surface area contributed by atoms with Crippen LogP contribution in [0, 0.1) is 5.82 Å². The molecule has 9 heteroatoms. The number of hydrogen-bond acceptors (Lipinski definition) is 4. The summed E-state index contributed by atoms with van der Waals surface area (Å²) < 4.78 is 48.9. The molecule has 0 atom stereocenters. The van der Waals surface area contributed by atoms with Crippen LogP contribution in [0.25, 0.3) is 0 Å². The molecule has 0 aromatic heterocycles. The normalized spacial score (nSPS) is 14.8. The van der Waals surface area contributed by atoms with Crippen molar-refractivity contribution in [3.8, 4) is 0 Å². The Balaban J connectivity index is 0.00000274. The minimum atomic E-state index is -4.86. The average molecular weight is 694 g/mol. The molecule has 1 radical (unpaired) electrons. The number of carbonyl (C=O) groups excluding carboxylic acids is 1. The van der Waals surface area contributed by atoms with Gasteiger partial charge in [0.15, 0.2) is 0 Å². The third kappa shape index (κ3) is 3.85. The van der Waals surface area contributed by atoms with Crippen molar-refractivity contribution in [3.63, 3.8) is 0 Å². The fraction of sp³-hybridized carbons (Fsp3) is 0. The molecule has 5 nitrogen and oxygen atoms in total. The molecule has 0 amide bonds. The summed E-state index contributed by atoms with van der Waals surface area (Å²) in [5, 5.41) is 0.378. The molecule has 173 valence electrons. The fourth-order valence-electron chi connectivity index (χ4n) is 4.01. The van der Waals surface area contributed by atoms with Crippen LogP contribution < -0.4 is 9.81 Å². The summed E-state index contributed by atoms with van der Waals surface area (Å²) in [7, 11) is -3.83. The molecular formula is C25H18BiClFO5S. The Bertz CT molecular complexity index is 1450. The molecule has 5 rings (SSSR count). The molecule has 0 saturated heterocycles. The van der Waals surface area contributed by atoms with Gasteiger partial charge in [-0.2, -0.15) is 0 Å². The molecular weight excluding hydrogens is 676 g/mol. The summed E-state index contributed by atoms with van der Waals surface area (Å²) in [5.41, 5.74) is 0.255. The molecule has 0 saturated carbocycles. The van der Waals surface area contributed by atoms with Gasteiger partial charge >= 0.3 is 202 Å². The van der Waals surface area contributed by atoms with Gasteiger partial charge in [0, 0.05) is 0 Å². The Morgan fingerprint density at radius 3 is 1.91 bits per heavy atom. The molecule has 0 fully saturated rings. The van der Waals surface area contributed by atoms with E-state index < -0.39 is 42.3 Å². The van der Waals surface area contributed by atoms with Crippen molar-refractivity contribution >= 4 is 57.9 Å². The number of fused-ring (bicyclic) bond motifs is 2.